The lowest BCUT2D eigenvalue weighted by molar-refractivity contribution is -0.154. The molecule has 0 radical (unpaired) electrons. The second kappa shape index (κ2) is 7.83. The van der Waals surface area contributed by atoms with E-state index in [4.69, 9.17) is 9.47 Å². The predicted molar refractivity (Wildman–Crippen MR) is 122 cm³/mol. The second-order valence-corrected chi connectivity index (χ2v) is 9.18. The van der Waals surface area contributed by atoms with E-state index in [0.29, 0.717) is 6.61 Å². The van der Waals surface area contributed by atoms with Gasteiger partial charge in [-0.2, -0.15) is 0 Å². The first kappa shape index (κ1) is 20.3. The number of carbonyl (C=O) groups excluding carboxylic acids is 1. The van der Waals surface area contributed by atoms with Crippen molar-refractivity contribution in [3.8, 4) is 0 Å². The first-order chi connectivity index (χ1) is 15.1. The molecule has 2 heterocycles. The molecule has 4 nitrogen and oxygen atoms in total. The molecule has 0 amide bonds. The molecule has 1 aliphatic carbocycles. The van der Waals surface area contributed by atoms with Crippen molar-refractivity contribution in [3.63, 3.8) is 0 Å². The van der Waals surface area contributed by atoms with Gasteiger partial charge in [0.2, 0.25) is 0 Å². The van der Waals surface area contributed by atoms with Crippen molar-refractivity contribution in [1.82, 2.24) is 4.57 Å². The van der Waals surface area contributed by atoms with E-state index < -0.39 is 5.60 Å². The summed E-state index contributed by atoms with van der Waals surface area (Å²) in [6.45, 7) is 2.33. The van der Waals surface area contributed by atoms with Crippen LogP contribution in [0.5, 0.6) is 0 Å². The molecule has 0 bridgehead atoms. The van der Waals surface area contributed by atoms with Gasteiger partial charge in [0.05, 0.1) is 18.1 Å². The third-order valence-electron chi connectivity index (χ3n) is 7.41. The van der Waals surface area contributed by atoms with E-state index >= 15 is 0 Å². The van der Waals surface area contributed by atoms with E-state index in [1.54, 1.807) is 0 Å². The highest BCUT2D eigenvalue weighted by Gasteiger charge is 2.53. The summed E-state index contributed by atoms with van der Waals surface area (Å²) >= 11 is 0. The van der Waals surface area contributed by atoms with E-state index in [9.17, 15) is 4.79 Å². The Hall–Kier alpha value is -2.59. The molecule has 1 aromatic heterocycles. The predicted octanol–water partition coefficient (Wildman–Crippen LogP) is 5.72. The maximum atomic E-state index is 12.3. The van der Waals surface area contributed by atoms with Gasteiger partial charge in [-0.15, -0.1) is 0 Å². The summed E-state index contributed by atoms with van der Waals surface area (Å²) in [5, 5.41) is 1.26. The molecule has 1 atom stereocenters. The molecule has 1 unspecified atom stereocenters. The van der Waals surface area contributed by atoms with Crippen molar-refractivity contribution >= 4 is 16.9 Å². The summed E-state index contributed by atoms with van der Waals surface area (Å²) in [5.74, 6) is -0.0304. The molecule has 5 rings (SSSR count). The van der Waals surface area contributed by atoms with Gasteiger partial charge in [-0.3, -0.25) is 4.79 Å². The van der Waals surface area contributed by atoms with Crippen molar-refractivity contribution in [3.05, 3.63) is 71.9 Å². The standard InChI is InChI=1S/C27H31NO3/c1-3-30-25(29)20-13-15-26(16-14-20)17-18-27(31-26,21-9-5-4-6-10-21)23-19-28(2)24-12-8-7-11-22(23)24/h4-12,19-20H,3,13-18H2,1-2H3. The Morgan fingerprint density at radius 2 is 1.74 bits per heavy atom. The fourth-order valence-corrected chi connectivity index (χ4v) is 5.79. The molecular formula is C27H31NO3. The fourth-order valence-electron chi connectivity index (χ4n) is 5.79. The Balaban J connectivity index is 1.52. The van der Waals surface area contributed by atoms with Crippen LogP contribution in [0.2, 0.25) is 0 Å². The number of aryl methyl sites for hydroxylation is 1. The number of para-hydroxylation sites is 1. The van der Waals surface area contributed by atoms with Crippen LogP contribution in [-0.2, 0) is 26.9 Å². The van der Waals surface area contributed by atoms with Gasteiger partial charge in [0.1, 0.15) is 5.60 Å². The molecule has 1 saturated heterocycles. The minimum Gasteiger partial charge on any atom is -0.466 e. The van der Waals surface area contributed by atoms with Crippen LogP contribution in [0.25, 0.3) is 10.9 Å². The van der Waals surface area contributed by atoms with E-state index in [1.165, 1.54) is 22.0 Å². The van der Waals surface area contributed by atoms with Crippen molar-refractivity contribution in [1.29, 1.82) is 0 Å². The summed E-state index contributed by atoms with van der Waals surface area (Å²) in [5.41, 5.74) is 3.06. The summed E-state index contributed by atoms with van der Waals surface area (Å²) < 4.78 is 14.7. The number of aromatic nitrogens is 1. The first-order valence-corrected chi connectivity index (χ1v) is 11.5. The third kappa shape index (κ3) is 3.38. The number of hydrogen-bond acceptors (Lipinski definition) is 3. The number of nitrogens with zero attached hydrogens (tertiary/aromatic N) is 1. The van der Waals surface area contributed by atoms with Crippen LogP contribution >= 0.6 is 0 Å². The van der Waals surface area contributed by atoms with Crippen LogP contribution in [0, 0.1) is 5.92 Å². The van der Waals surface area contributed by atoms with E-state index in [0.717, 1.165) is 38.5 Å². The number of carbonyl (C=O) groups is 1. The van der Waals surface area contributed by atoms with Gasteiger partial charge in [-0.1, -0.05) is 48.5 Å². The Bertz CT molecular complexity index is 1080. The van der Waals surface area contributed by atoms with Crippen molar-refractivity contribution in [2.45, 2.75) is 56.7 Å². The van der Waals surface area contributed by atoms with Crippen LogP contribution < -0.4 is 0 Å². The van der Waals surface area contributed by atoms with Crippen LogP contribution in [0.15, 0.2) is 60.8 Å². The smallest absolute Gasteiger partial charge is 0.308 e. The van der Waals surface area contributed by atoms with E-state index in [-0.39, 0.29) is 17.5 Å². The molecule has 1 aliphatic heterocycles. The Labute approximate surface area is 184 Å². The minimum atomic E-state index is -0.459. The number of rotatable bonds is 4. The van der Waals surface area contributed by atoms with Crippen molar-refractivity contribution in [2.75, 3.05) is 6.61 Å². The molecule has 1 saturated carbocycles. The monoisotopic (exact) mass is 417 g/mol. The molecule has 3 aromatic rings. The summed E-state index contributed by atoms with van der Waals surface area (Å²) in [6.07, 6.45) is 7.74. The highest BCUT2D eigenvalue weighted by Crippen LogP contribution is 2.55. The zero-order chi connectivity index (χ0) is 21.5. The molecule has 2 fully saturated rings. The van der Waals surface area contributed by atoms with Gasteiger partial charge in [0, 0.05) is 29.7 Å². The van der Waals surface area contributed by atoms with Gasteiger partial charge in [0.25, 0.3) is 0 Å². The lowest BCUT2D eigenvalue weighted by atomic mass is 9.77. The topological polar surface area (TPSA) is 40.5 Å². The van der Waals surface area contributed by atoms with E-state index in [1.807, 2.05) is 6.92 Å². The normalized spacial score (nSPS) is 28.3. The van der Waals surface area contributed by atoms with Gasteiger partial charge in [-0.25, -0.2) is 0 Å². The molecule has 2 aliphatic rings. The van der Waals surface area contributed by atoms with Crippen molar-refractivity contribution in [2.24, 2.45) is 13.0 Å². The zero-order valence-corrected chi connectivity index (χ0v) is 18.5. The third-order valence-corrected chi connectivity index (χ3v) is 7.41. The van der Waals surface area contributed by atoms with Gasteiger partial charge < -0.3 is 14.0 Å². The number of hydrogen-bond donors (Lipinski definition) is 0. The molecular weight excluding hydrogens is 386 g/mol. The van der Waals surface area contributed by atoms with E-state index in [2.05, 4.69) is 72.4 Å². The molecule has 2 aromatic carbocycles. The molecule has 1 spiro atoms. The zero-order valence-electron chi connectivity index (χ0n) is 18.5. The quantitative estimate of drug-likeness (QED) is 0.510. The average Bonchev–Trinajstić information content (AvgIpc) is 3.35. The Morgan fingerprint density at radius 3 is 2.48 bits per heavy atom. The number of fused-ring (bicyclic) bond motifs is 1. The maximum Gasteiger partial charge on any atom is 0.308 e. The summed E-state index contributed by atoms with van der Waals surface area (Å²) in [7, 11) is 2.11. The summed E-state index contributed by atoms with van der Waals surface area (Å²) in [4.78, 5) is 12.3. The van der Waals surface area contributed by atoms with Gasteiger partial charge >= 0.3 is 5.97 Å². The van der Waals surface area contributed by atoms with Crippen LogP contribution in [0.4, 0.5) is 0 Å². The summed E-state index contributed by atoms with van der Waals surface area (Å²) in [6, 6.07) is 19.3. The van der Waals surface area contributed by atoms with Crippen LogP contribution in [0.1, 0.15) is 56.6 Å². The molecule has 4 heteroatoms. The number of benzene rings is 2. The lowest BCUT2D eigenvalue weighted by Gasteiger charge is -2.39. The fraction of sp³-hybridized carbons (Fsp3) is 0.444. The largest absolute Gasteiger partial charge is 0.466 e. The molecule has 0 N–H and O–H groups in total. The maximum absolute atomic E-state index is 12.3. The van der Waals surface area contributed by atoms with Crippen LogP contribution in [0.3, 0.4) is 0 Å². The van der Waals surface area contributed by atoms with Gasteiger partial charge in [0.15, 0.2) is 0 Å². The molecule has 162 valence electrons. The molecule has 31 heavy (non-hydrogen) atoms. The minimum absolute atomic E-state index is 0.0125. The SMILES string of the molecule is CCOC(=O)C1CCC2(CC1)CCC(c1ccccc1)(c1cn(C)c3ccccc13)O2. The van der Waals surface area contributed by atoms with Gasteiger partial charge in [-0.05, 0) is 57.1 Å². The van der Waals surface area contributed by atoms with Crippen molar-refractivity contribution < 1.29 is 14.3 Å². The van der Waals surface area contributed by atoms with Crippen LogP contribution in [-0.4, -0.2) is 22.7 Å². The average molecular weight is 418 g/mol. The first-order valence-electron chi connectivity index (χ1n) is 11.5. The Morgan fingerprint density at radius 1 is 1.03 bits per heavy atom. The highest BCUT2D eigenvalue weighted by molar-refractivity contribution is 5.85. The second-order valence-electron chi connectivity index (χ2n) is 9.18. The number of esters is 1. The lowest BCUT2D eigenvalue weighted by Crippen LogP contribution is -2.39. The number of ether oxygens (including phenoxy) is 2. The highest BCUT2D eigenvalue weighted by atomic mass is 16.5. The Kier molecular flexibility index (Phi) is 5.13.